The number of pyridine rings is 1. The summed E-state index contributed by atoms with van der Waals surface area (Å²) >= 11 is 0. The van der Waals surface area contributed by atoms with Gasteiger partial charge in [-0.15, -0.1) is 0 Å². The maximum absolute atomic E-state index is 13.3. The number of amides is 2. The zero-order valence-electron chi connectivity index (χ0n) is 21.1. The van der Waals surface area contributed by atoms with Gasteiger partial charge in [0.15, 0.2) is 11.5 Å². The number of nitrogens with two attached hydrogens (primary N) is 1. The van der Waals surface area contributed by atoms with Crippen molar-refractivity contribution in [3.8, 4) is 23.0 Å². The Morgan fingerprint density at radius 1 is 1.08 bits per heavy atom. The lowest BCUT2D eigenvalue weighted by atomic mass is 10.1. The van der Waals surface area contributed by atoms with Gasteiger partial charge in [-0.1, -0.05) is 6.07 Å². The topological polar surface area (TPSA) is 142 Å². The molecule has 0 saturated carbocycles. The van der Waals surface area contributed by atoms with Gasteiger partial charge in [0.1, 0.15) is 22.7 Å². The molecular formula is C26H24F3N5O5. The normalized spacial score (nSPS) is 12.2. The fourth-order valence-corrected chi connectivity index (χ4v) is 3.77. The Labute approximate surface area is 220 Å². The molecule has 4 rings (SSSR count). The largest absolute Gasteiger partial charge is 0.497 e. The van der Waals surface area contributed by atoms with E-state index in [0.717, 1.165) is 6.07 Å². The van der Waals surface area contributed by atoms with Gasteiger partial charge in [0.05, 0.1) is 26.8 Å². The maximum Gasteiger partial charge on any atom is 0.433 e. The molecule has 4 N–H and O–H groups in total. The smallest absolute Gasteiger partial charge is 0.433 e. The number of ether oxygens (including phenoxy) is 2. The van der Waals surface area contributed by atoms with E-state index in [0.29, 0.717) is 11.4 Å². The van der Waals surface area contributed by atoms with Gasteiger partial charge < -0.3 is 30.3 Å². The first-order chi connectivity index (χ1) is 18.5. The predicted molar refractivity (Wildman–Crippen MR) is 135 cm³/mol. The Morgan fingerprint density at radius 3 is 2.51 bits per heavy atom. The Morgan fingerprint density at radius 2 is 1.85 bits per heavy atom. The first-order valence-electron chi connectivity index (χ1n) is 11.6. The van der Waals surface area contributed by atoms with Crippen molar-refractivity contribution in [1.29, 1.82) is 0 Å². The van der Waals surface area contributed by atoms with E-state index in [9.17, 15) is 22.8 Å². The highest BCUT2D eigenvalue weighted by molar-refractivity contribution is 6.00. The summed E-state index contributed by atoms with van der Waals surface area (Å²) in [7, 11) is 2.80. The number of rotatable bonds is 8. The van der Waals surface area contributed by atoms with Crippen LogP contribution >= 0.6 is 0 Å². The summed E-state index contributed by atoms with van der Waals surface area (Å²) in [6.07, 6.45) is -4.66. The molecular weight excluding hydrogens is 519 g/mol. The molecule has 204 valence electrons. The molecule has 0 bridgehead atoms. The van der Waals surface area contributed by atoms with Gasteiger partial charge in [-0.2, -0.15) is 13.2 Å². The molecule has 0 aliphatic heterocycles. The molecule has 1 atom stereocenters. The number of carbonyl (C=O) groups is 2. The van der Waals surface area contributed by atoms with Crippen LogP contribution in [0.15, 0.2) is 52.9 Å². The number of aromatic nitrogens is 2. The number of carbonyl (C=O) groups excluding carboxylic acids is 2. The molecule has 0 spiro atoms. The Bertz CT molecular complexity index is 1530. The van der Waals surface area contributed by atoms with Crippen LogP contribution in [0.25, 0.3) is 22.4 Å². The number of nitrogens with zero attached hydrogens (tertiary/aromatic N) is 2. The van der Waals surface area contributed by atoms with Crippen LogP contribution in [0.2, 0.25) is 0 Å². The van der Waals surface area contributed by atoms with Crippen LogP contribution in [0.5, 0.6) is 11.5 Å². The van der Waals surface area contributed by atoms with E-state index in [1.54, 1.807) is 31.2 Å². The Kier molecular flexibility index (Phi) is 7.72. The zero-order chi connectivity index (χ0) is 28.3. The third kappa shape index (κ3) is 5.93. The number of alkyl halides is 3. The van der Waals surface area contributed by atoms with E-state index in [1.165, 1.54) is 32.4 Å². The Balaban J connectivity index is 1.61. The minimum Gasteiger partial charge on any atom is -0.497 e. The van der Waals surface area contributed by atoms with Gasteiger partial charge in [0.25, 0.3) is 5.91 Å². The second-order valence-corrected chi connectivity index (χ2v) is 8.39. The van der Waals surface area contributed by atoms with Crippen molar-refractivity contribution in [2.45, 2.75) is 19.1 Å². The molecule has 13 heteroatoms. The van der Waals surface area contributed by atoms with Crippen molar-refractivity contribution >= 4 is 28.4 Å². The average Bonchev–Trinajstić information content (AvgIpc) is 3.36. The van der Waals surface area contributed by atoms with Crippen molar-refractivity contribution < 1.29 is 36.7 Å². The first-order valence-corrected chi connectivity index (χ1v) is 11.6. The summed E-state index contributed by atoms with van der Waals surface area (Å²) < 4.78 is 55.9. The van der Waals surface area contributed by atoms with Crippen LogP contribution in [0.4, 0.5) is 18.9 Å². The highest BCUT2D eigenvalue weighted by Crippen LogP contribution is 2.37. The van der Waals surface area contributed by atoms with Crippen LogP contribution in [0.3, 0.4) is 0 Å². The minimum atomic E-state index is -4.66. The van der Waals surface area contributed by atoms with Crippen LogP contribution in [0.1, 0.15) is 34.9 Å². The second-order valence-electron chi connectivity index (χ2n) is 8.39. The van der Waals surface area contributed by atoms with Gasteiger partial charge in [-0.05, 0) is 43.3 Å². The van der Waals surface area contributed by atoms with Gasteiger partial charge in [-0.3, -0.25) is 9.59 Å². The summed E-state index contributed by atoms with van der Waals surface area (Å²) in [6.45, 7) is 1.19. The van der Waals surface area contributed by atoms with E-state index >= 15 is 0 Å². The number of benzene rings is 2. The lowest BCUT2D eigenvalue weighted by Crippen LogP contribution is -2.33. The van der Waals surface area contributed by atoms with Gasteiger partial charge >= 0.3 is 6.18 Å². The highest BCUT2D eigenvalue weighted by Gasteiger charge is 2.33. The molecule has 0 fully saturated rings. The van der Waals surface area contributed by atoms with E-state index in [-0.39, 0.29) is 46.1 Å². The fourth-order valence-electron chi connectivity index (χ4n) is 3.77. The van der Waals surface area contributed by atoms with Crippen LogP contribution < -0.4 is 25.8 Å². The molecule has 2 heterocycles. The third-order valence-electron chi connectivity index (χ3n) is 5.61. The molecule has 2 amide bonds. The van der Waals surface area contributed by atoms with Crippen LogP contribution in [-0.2, 0) is 11.0 Å². The van der Waals surface area contributed by atoms with E-state index in [2.05, 4.69) is 20.6 Å². The number of halogens is 3. The average molecular weight is 544 g/mol. The lowest BCUT2D eigenvalue weighted by Gasteiger charge is -2.11. The summed E-state index contributed by atoms with van der Waals surface area (Å²) in [4.78, 5) is 33.3. The SMILES string of the molecule is COc1cccc(NC(=O)CNC(=O)c2nc(-c3ccc(OC)c4nc(C(F)(F)F)ccc34)oc2[C@H](C)N)c1. The van der Waals surface area contributed by atoms with Crippen molar-refractivity contribution in [2.24, 2.45) is 5.73 Å². The fraction of sp³-hybridized carbons (Fsp3) is 0.231. The predicted octanol–water partition coefficient (Wildman–Crippen LogP) is 4.31. The molecule has 2 aromatic heterocycles. The van der Waals surface area contributed by atoms with Crippen molar-refractivity contribution in [3.63, 3.8) is 0 Å². The maximum atomic E-state index is 13.3. The monoisotopic (exact) mass is 543 g/mol. The third-order valence-corrected chi connectivity index (χ3v) is 5.61. The van der Waals surface area contributed by atoms with E-state index in [1.807, 2.05) is 0 Å². The van der Waals surface area contributed by atoms with Gasteiger partial charge in [-0.25, -0.2) is 9.97 Å². The zero-order valence-corrected chi connectivity index (χ0v) is 21.1. The second kappa shape index (κ2) is 11.0. The van der Waals surface area contributed by atoms with Gasteiger partial charge in [0, 0.05) is 22.7 Å². The molecule has 0 saturated heterocycles. The standard InChI is InChI=1S/C26H24F3N5O5/c1-13(30)23-22(24(36)31-12-20(35)32-14-5-4-6-15(11-14)37-2)34-25(39-23)17-7-9-18(38-3)21-16(17)8-10-19(33-21)26(27,28)29/h4-11,13H,12,30H2,1-3H3,(H,31,36)(H,32,35)/t13-/m0/s1. The molecule has 2 aromatic carbocycles. The number of nitrogens with one attached hydrogen (secondary N) is 2. The van der Waals surface area contributed by atoms with E-state index < -0.39 is 29.7 Å². The van der Waals surface area contributed by atoms with Crippen molar-refractivity contribution in [2.75, 3.05) is 26.1 Å². The highest BCUT2D eigenvalue weighted by atomic mass is 19.4. The van der Waals surface area contributed by atoms with Crippen molar-refractivity contribution in [3.05, 3.63) is 65.7 Å². The summed E-state index contributed by atoms with van der Waals surface area (Å²) in [5.41, 5.74) is 5.41. The number of anilines is 1. The number of oxazole rings is 1. The Hall–Kier alpha value is -4.65. The lowest BCUT2D eigenvalue weighted by molar-refractivity contribution is -0.141. The first kappa shape index (κ1) is 27.4. The molecule has 0 unspecified atom stereocenters. The van der Waals surface area contributed by atoms with Crippen LogP contribution in [0, 0.1) is 0 Å². The summed E-state index contributed by atoms with van der Waals surface area (Å²) in [5, 5.41) is 5.36. The molecule has 4 aromatic rings. The number of methoxy groups -OCH3 is 2. The number of fused-ring (bicyclic) bond motifs is 1. The quantitative estimate of drug-likeness (QED) is 0.299. The number of hydrogen-bond acceptors (Lipinski definition) is 8. The number of hydrogen-bond donors (Lipinski definition) is 3. The van der Waals surface area contributed by atoms with E-state index in [4.69, 9.17) is 19.6 Å². The van der Waals surface area contributed by atoms with Crippen molar-refractivity contribution in [1.82, 2.24) is 15.3 Å². The van der Waals surface area contributed by atoms with Crippen LogP contribution in [-0.4, -0.2) is 42.5 Å². The summed E-state index contributed by atoms with van der Waals surface area (Å²) in [6, 6.07) is 10.9. The molecule has 0 aliphatic rings. The molecule has 39 heavy (non-hydrogen) atoms. The minimum absolute atomic E-state index is 0.0274. The van der Waals surface area contributed by atoms with Gasteiger partial charge in [0.2, 0.25) is 11.8 Å². The molecule has 0 aliphatic carbocycles. The summed E-state index contributed by atoms with van der Waals surface area (Å²) in [5.74, 6) is -0.617. The molecule has 10 nitrogen and oxygen atoms in total. The molecule has 0 radical (unpaired) electrons.